The van der Waals surface area contributed by atoms with Crippen molar-refractivity contribution in [3.63, 3.8) is 0 Å². The molecule has 2 rings (SSSR count). The molecule has 0 spiro atoms. The largest absolute Gasteiger partial charge is 0.479 e. The Hall–Kier alpha value is -2.20. The molecule has 0 radical (unpaired) electrons. The quantitative estimate of drug-likeness (QED) is 0.848. The van der Waals surface area contributed by atoms with Crippen LogP contribution in [-0.4, -0.2) is 12.0 Å². The van der Waals surface area contributed by atoms with Crippen molar-refractivity contribution in [1.82, 2.24) is 0 Å². The first-order chi connectivity index (χ1) is 9.97. The van der Waals surface area contributed by atoms with Crippen molar-refractivity contribution in [2.24, 2.45) is 0 Å². The maximum absolute atomic E-state index is 12.1. The number of anilines is 2. The van der Waals surface area contributed by atoms with Crippen LogP contribution in [0.1, 0.15) is 12.5 Å². The van der Waals surface area contributed by atoms with E-state index in [2.05, 4.69) is 5.32 Å². The van der Waals surface area contributed by atoms with Gasteiger partial charge in [-0.2, -0.15) is 0 Å². The summed E-state index contributed by atoms with van der Waals surface area (Å²) in [6.07, 6.45) is -0.672. The molecule has 0 aliphatic rings. The summed E-state index contributed by atoms with van der Waals surface area (Å²) in [5.41, 5.74) is 7.87. The lowest BCUT2D eigenvalue weighted by atomic mass is 10.2. The van der Waals surface area contributed by atoms with Gasteiger partial charge in [0.05, 0.1) is 5.69 Å². The molecule has 2 aromatic rings. The summed E-state index contributed by atoms with van der Waals surface area (Å²) >= 11 is 6.03. The SMILES string of the molecule is Cc1ccc(NC(=O)C(C)Oc2ccccc2N)cc1Cl. The lowest BCUT2D eigenvalue weighted by molar-refractivity contribution is -0.122. The number of carbonyl (C=O) groups is 1. The van der Waals surface area contributed by atoms with E-state index in [0.717, 1.165) is 5.56 Å². The van der Waals surface area contributed by atoms with Crippen LogP contribution in [0.25, 0.3) is 0 Å². The van der Waals surface area contributed by atoms with Crippen molar-refractivity contribution in [2.75, 3.05) is 11.1 Å². The molecule has 1 amide bonds. The number of nitrogens with two attached hydrogens (primary N) is 1. The molecule has 2 aromatic carbocycles. The summed E-state index contributed by atoms with van der Waals surface area (Å²) in [7, 11) is 0. The average Bonchev–Trinajstić information content (AvgIpc) is 2.45. The number of halogens is 1. The fourth-order valence-electron chi connectivity index (χ4n) is 1.75. The second-order valence-electron chi connectivity index (χ2n) is 4.75. The van der Waals surface area contributed by atoms with E-state index < -0.39 is 6.10 Å². The molecule has 3 N–H and O–H groups in total. The van der Waals surface area contributed by atoms with E-state index in [4.69, 9.17) is 22.1 Å². The fraction of sp³-hybridized carbons (Fsp3) is 0.188. The molecule has 0 fully saturated rings. The lowest BCUT2D eigenvalue weighted by Gasteiger charge is -2.16. The van der Waals surface area contributed by atoms with E-state index in [0.29, 0.717) is 22.1 Å². The number of carbonyl (C=O) groups excluding carboxylic acids is 1. The Labute approximate surface area is 128 Å². The molecular weight excluding hydrogens is 288 g/mol. The topological polar surface area (TPSA) is 64.3 Å². The summed E-state index contributed by atoms with van der Waals surface area (Å²) in [4.78, 5) is 12.1. The van der Waals surface area contributed by atoms with Crippen LogP contribution in [0.4, 0.5) is 11.4 Å². The van der Waals surface area contributed by atoms with Crippen LogP contribution in [0.15, 0.2) is 42.5 Å². The second-order valence-corrected chi connectivity index (χ2v) is 5.16. The third-order valence-corrected chi connectivity index (χ3v) is 3.44. The molecule has 0 bridgehead atoms. The van der Waals surface area contributed by atoms with Gasteiger partial charge in [0.1, 0.15) is 5.75 Å². The fourth-order valence-corrected chi connectivity index (χ4v) is 1.93. The molecule has 5 heteroatoms. The number of amides is 1. The average molecular weight is 305 g/mol. The zero-order valence-corrected chi connectivity index (χ0v) is 12.6. The number of hydrogen-bond donors (Lipinski definition) is 2. The highest BCUT2D eigenvalue weighted by Crippen LogP contribution is 2.22. The molecule has 0 saturated carbocycles. The Kier molecular flexibility index (Phi) is 4.70. The van der Waals surface area contributed by atoms with Gasteiger partial charge in [-0.05, 0) is 43.7 Å². The highest BCUT2D eigenvalue weighted by Gasteiger charge is 2.16. The predicted molar refractivity (Wildman–Crippen MR) is 85.8 cm³/mol. The maximum Gasteiger partial charge on any atom is 0.265 e. The molecule has 0 aliphatic heterocycles. The molecule has 0 saturated heterocycles. The number of benzene rings is 2. The minimum Gasteiger partial charge on any atom is -0.479 e. The first-order valence-electron chi connectivity index (χ1n) is 6.55. The summed E-state index contributed by atoms with van der Waals surface area (Å²) in [6.45, 7) is 3.56. The number of para-hydroxylation sites is 2. The standard InChI is InChI=1S/C16H17ClN2O2/c1-10-7-8-12(9-13(10)17)19-16(20)11(2)21-15-6-4-3-5-14(15)18/h3-9,11H,18H2,1-2H3,(H,19,20). The Bertz CT molecular complexity index is 658. The lowest BCUT2D eigenvalue weighted by Crippen LogP contribution is -2.30. The molecular formula is C16H17ClN2O2. The van der Waals surface area contributed by atoms with Crippen LogP contribution >= 0.6 is 11.6 Å². The normalized spacial score (nSPS) is 11.8. The zero-order valence-electron chi connectivity index (χ0n) is 11.9. The van der Waals surface area contributed by atoms with Crippen LogP contribution in [0.5, 0.6) is 5.75 Å². The summed E-state index contributed by atoms with van der Waals surface area (Å²) in [5.74, 6) is 0.222. The van der Waals surface area contributed by atoms with Gasteiger partial charge >= 0.3 is 0 Å². The van der Waals surface area contributed by atoms with Crippen molar-refractivity contribution in [3.05, 3.63) is 53.1 Å². The Balaban J connectivity index is 2.02. The highest BCUT2D eigenvalue weighted by molar-refractivity contribution is 6.31. The highest BCUT2D eigenvalue weighted by atomic mass is 35.5. The van der Waals surface area contributed by atoms with Crippen LogP contribution in [0, 0.1) is 6.92 Å². The molecule has 0 aromatic heterocycles. The molecule has 4 nitrogen and oxygen atoms in total. The van der Waals surface area contributed by atoms with Gasteiger partial charge in [0.2, 0.25) is 0 Å². The number of hydrogen-bond acceptors (Lipinski definition) is 3. The van der Waals surface area contributed by atoms with Crippen LogP contribution in [-0.2, 0) is 4.79 Å². The van der Waals surface area contributed by atoms with Crippen molar-refractivity contribution in [1.29, 1.82) is 0 Å². The van der Waals surface area contributed by atoms with Gasteiger partial charge < -0.3 is 15.8 Å². The van der Waals surface area contributed by atoms with Crippen LogP contribution in [0.2, 0.25) is 5.02 Å². The summed E-state index contributed by atoms with van der Waals surface area (Å²) in [5, 5.41) is 3.37. The van der Waals surface area contributed by atoms with Gasteiger partial charge in [-0.1, -0.05) is 29.8 Å². The van der Waals surface area contributed by atoms with E-state index >= 15 is 0 Å². The number of nitrogen functional groups attached to an aromatic ring is 1. The number of aryl methyl sites for hydroxylation is 1. The van der Waals surface area contributed by atoms with Gasteiger partial charge in [0.15, 0.2) is 6.10 Å². The number of nitrogens with one attached hydrogen (secondary N) is 1. The smallest absolute Gasteiger partial charge is 0.265 e. The van der Waals surface area contributed by atoms with Crippen molar-refractivity contribution in [2.45, 2.75) is 20.0 Å². The minimum atomic E-state index is -0.672. The van der Waals surface area contributed by atoms with Gasteiger partial charge in [-0.3, -0.25) is 4.79 Å². The molecule has 110 valence electrons. The Morgan fingerprint density at radius 1 is 1.29 bits per heavy atom. The monoisotopic (exact) mass is 304 g/mol. The molecule has 1 unspecified atom stereocenters. The van der Waals surface area contributed by atoms with Gasteiger partial charge in [-0.15, -0.1) is 0 Å². The predicted octanol–water partition coefficient (Wildman–Crippen LogP) is 3.64. The number of rotatable bonds is 4. The van der Waals surface area contributed by atoms with E-state index in [-0.39, 0.29) is 5.91 Å². The first kappa shape index (κ1) is 15.2. The van der Waals surface area contributed by atoms with E-state index in [1.165, 1.54) is 0 Å². The molecule has 0 aliphatic carbocycles. The summed E-state index contributed by atoms with van der Waals surface area (Å²) < 4.78 is 5.56. The van der Waals surface area contributed by atoms with Gasteiger partial charge in [0.25, 0.3) is 5.91 Å². The van der Waals surface area contributed by atoms with Crippen molar-refractivity contribution >= 4 is 28.9 Å². The van der Waals surface area contributed by atoms with Crippen LogP contribution < -0.4 is 15.8 Å². The molecule has 21 heavy (non-hydrogen) atoms. The van der Waals surface area contributed by atoms with Crippen molar-refractivity contribution in [3.8, 4) is 5.75 Å². The van der Waals surface area contributed by atoms with Crippen LogP contribution in [0.3, 0.4) is 0 Å². The van der Waals surface area contributed by atoms with Gasteiger partial charge in [0, 0.05) is 10.7 Å². The third kappa shape index (κ3) is 3.89. The maximum atomic E-state index is 12.1. The third-order valence-electron chi connectivity index (χ3n) is 3.03. The zero-order chi connectivity index (χ0) is 15.4. The first-order valence-corrected chi connectivity index (χ1v) is 6.93. The van der Waals surface area contributed by atoms with Gasteiger partial charge in [-0.25, -0.2) is 0 Å². The van der Waals surface area contributed by atoms with E-state index in [9.17, 15) is 4.79 Å². The minimum absolute atomic E-state index is 0.266. The second kappa shape index (κ2) is 6.50. The van der Waals surface area contributed by atoms with E-state index in [1.54, 1.807) is 43.3 Å². The summed E-state index contributed by atoms with van der Waals surface area (Å²) in [6, 6.07) is 12.4. The molecule has 0 heterocycles. The van der Waals surface area contributed by atoms with E-state index in [1.807, 2.05) is 13.0 Å². The Morgan fingerprint density at radius 3 is 2.67 bits per heavy atom. The number of ether oxygens (including phenoxy) is 1. The molecule has 1 atom stereocenters. The Morgan fingerprint density at radius 2 is 2.00 bits per heavy atom. The van der Waals surface area contributed by atoms with Crippen molar-refractivity contribution < 1.29 is 9.53 Å².